The molecule has 0 radical (unpaired) electrons. The van der Waals surface area contributed by atoms with E-state index < -0.39 is 22.7 Å². The van der Waals surface area contributed by atoms with Gasteiger partial charge in [-0.25, -0.2) is 0 Å². The van der Waals surface area contributed by atoms with Crippen LogP contribution >= 0.6 is 0 Å². The zero-order chi connectivity index (χ0) is 22.0. The lowest BCUT2D eigenvalue weighted by Crippen LogP contribution is -2.41. The number of phenolic OH excluding ortho intramolecular Hbond substituents is 1. The highest BCUT2D eigenvalue weighted by molar-refractivity contribution is 5.99. The lowest BCUT2D eigenvalue weighted by Gasteiger charge is -2.23. The Kier molecular flexibility index (Phi) is 6.09. The van der Waals surface area contributed by atoms with Crippen LogP contribution in [0.5, 0.6) is 5.75 Å². The number of nitrogens with zero attached hydrogens (tertiary/aromatic N) is 1. The molecule has 1 saturated carbocycles. The van der Waals surface area contributed by atoms with Gasteiger partial charge in [-0.2, -0.15) is 0 Å². The van der Waals surface area contributed by atoms with E-state index in [4.69, 9.17) is 4.74 Å². The Balaban J connectivity index is 1.84. The van der Waals surface area contributed by atoms with Gasteiger partial charge < -0.3 is 25.4 Å². The molecule has 9 nitrogen and oxygen atoms in total. The van der Waals surface area contributed by atoms with Crippen molar-refractivity contribution in [1.82, 2.24) is 4.90 Å². The average molecular weight is 415 g/mol. The second-order valence-electron chi connectivity index (χ2n) is 7.47. The molecule has 160 valence electrons. The lowest BCUT2D eigenvalue weighted by molar-refractivity contribution is -0.148. The summed E-state index contributed by atoms with van der Waals surface area (Å²) in [5.74, 6) is -1.44. The molecule has 0 bridgehead atoms. The number of phenols is 1. The van der Waals surface area contributed by atoms with Crippen LogP contribution in [0.25, 0.3) is 0 Å². The van der Waals surface area contributed by atoms with Crippen molar-refractivity contribution in [1.29, 1.82) is 0 Å². The van der Waals surface area contributed by atoms with Gasteiger partial charge in [0.15, 0.2) is 5.75 Å². The van der Waals surface area contributed by atoms with Crippen LogP contribution < -0.4 is 21.5 Å². The van der Waals surface area contributed by atoms with Crippen molar-refractivity contribution in [3.8, 4) is 5.75 Å². The molecule has 1 unspecified atom stereocenters. The fourth-order valence-electron chi connectivity index (χ4n) is 3.69. The summed E-state index contributed by atoms with van der Waals surface area (Å²) >= 11 is 0. The van der Waals surface area contributed by atoms with Gasteiger partial charge in [0, 0.05) is 20.1 Å². The summed E-state index contributed by atoms with van der Waals surface area (Å²) in [5.41, 5.74) is -1.15. The van der Waals surface area contributed by atoms with E-state index in [9.17, 15) is 24.3 Å². The van der Waals surface area contributed by atoms with Gasteiger partial charge in [0.1, 0.15) is 11.4 Å². The molecule has 2 aromatic rings. The minimum atomic E-state index is -0.730. The van der Waals surface area contributed by atoms with Gasteiger partial charge in [-0.1, -0.05) is 12.5 Å². The molecule has 1 aliphatic rings. The molecule has 0 aliphatic heterocycles. The minimum absolute atomic E-state index is 0.000684. The van der Waals surface area contributed by atoms with Crippen molar-refractivity contribution in [3.63, 3.8) is 0 Å². The Bertz CT molecular complexity index is 1040. The van der Waals surface area contributed by atoms with Gasteiger partial charge in [0.05, 0.1) is 23.8 Å². The molecular weight excluding hydrogens is 390 g/mol. The quantitative estimate of drug-likeness (QED) is 0.354. The molecule has 1 fully saturated rings. The van der Waals surface area contributed by atoms with Gasteiger partial charge >= 0.3 is 5.97 Å². The van der Waals surface area contributed by atoms with E-state index in [-0.39, 0.29) is 47.0 Å². The standard InChI is InChI=1S/C21H25N3O6/c1-4-30-21(29)11-7-5-9-13(11)22-15-16(19(27)18(15)26)23-14-10-6-8-12(17(14)25)20(28)24(2)3/h6,8,10-11,13,22-23,25H,4-5,7,9H2,1-3H3/t11-,13?/m1/s1. The van der Waals surface area contributed by atoms with Crippen LogP contribution in [0.2, 0.25) is 0 Å². The number of hydrogen-bond donors (Lipinski definition) is 3. The second kappa shape index (κ2) is 8.56. The van der Waals surface area contributed by atoms with Crippen molar-refractivity contribution in [2.24, 2.45) is 5.92 Å². The summed E-state index contributed by atoms with van der Waals surface area (Å²) < 4.78 is 5.10. The van der Waals surface area contributed by atoms with Gasteiger partial charge in [0.2, 0.25) is 0 Å². The molecule has 30 heavy (non-hydrogen) atoms. The fraction of sp³-hybridized carbons (Fsp3) is 0.429. The van der Waals surface area contributed by atoms with Gasteiger partial charge in [0.25, 0.3) is 16.8 Å². The van der Waals surface area contributed by atoms with Crippen LogP contribution in [0.15, 0.2) is 27.8 Å². The Morgan fingerprint density at radius 3 is 2.53 bits per heavy atom. The monoisotopic (exact) mass is 415 g/mol. The number of nitrogens with one attached hydrogen (secondary N) is 2. The number of carbonyl (C=O) groups is 2. The van der Waals surface area contributed by atoms with E-state index in [0.717, 1.165) is 6.42 Å². The molecular formula is C21H25N3O6. The molecule has 1 amide bonds. The summed E-state index contributed by atoms with van der Waals surface area (Å²) in [4.78, 5) is 50.0. The smallest absolute Gasteiger partial charge is 0.311 e. The first-order chi connectivity index (χ1) is 14.3. The maximum absolute atomic E-state index is 12.2. The molecule has 2 atom stereocenters. The largest absolute Gasteiger partial charge is 0.505 e. The number of hydrogen-bond acceptors (Lipinski definition) is 8. The average Bonchev–Trinajstić information content (AvgIpc) is 3.19. The number of anilines is 3. The summed E-state index contributed by atoms with van der Waals surface area (Å²) in [6.07, 6.45) is 2.11. The van der Waals surface area contributed by atoms with Gasteiger partial charge in [-0.05, 0) is 31.9 Å². The normalized spacial score (nSPS) is 18.2. The number of esters is 1. The first kappa shape index (κ1) is 21.4. The lowest BCUT2D eigenvalue weighted by atomic mass is 10.0. The third kappa shape index (κ3) is 3.87. The van der Waals surface area contributed by atoms with Crippen LogP contribution in [-0.2, 0) is 9.53 Å². The third-order valence-electron chi connectivity index (χ3n) is 5.28. The highest BCUT2D eigenvalue weighted by Gasteiger charge is 2.36. The van der Waals surface area contributed by atoms with Crippen molar-refractivity contribution in [2.75, 3.05) is 31.3 Å². The Hall–Kier alpha value is -3.36. The van der Waals surface area contributed by atoms with E-state index >= 15 is 0 Å². The molecule has 1 aliphatic carbocycles. The molecule has 3 rings (SSSR count). The van der Waals surface area contributed by atoms with E-state index in [2.05, 4.69) is 10.6 Å². The van der Waals surface area contributed by atoms with E-state index in [1.807, 2.05) is 0 Å². The number of amides is 1. The third-order valence-corrected chi connectivity index (χ3v) is 5.28. The van der Waals surface area contributed by atoms with E-state index in [1.54, 1.807) is 27.1 Å². The SMILES string of the molecule is CCOC(=O)[C@@H]1CCCC1Nc1c(Nc2cccc(C(=O)N(C)C)c2O)c(=O)c1=O. The minimum Gasteiger partial charge on any atom is -0.505 e. The molecule has 2 aromatic carbocycles. The van der Waals surface area contributed by atoms with Gasteiger partial charge in [-0.15, -0.1) is 0 Å². The summed E-state index contributed by atoms with van der Waals surface area (Å²) in [7, 11) is 3.12. The zero-order valence-corrected chi connectivity index (χ0v) is 17.2. The number of para-hydroxylation sites is 1. The highest BCUT2D eigenvalue weighted by Crippen LogP contribution is 2.34. The predicted molar refractivity (Wildman–Crippen MR) is 112 cm³/mol. The number of carbonyl (C=O) groups excluding carboxylic acids is 2. The van der Waals surface area contributed by atoms with Crippen LogP contribution in [-0.4, -0.2) is 48.6 Å². The molecule has 0 aromatic heterocycles. The summed E-state index contributed by atoms with van der Waals surface area (Å²) in [6, 6.07) is 4.21. The van der Waals surface area contributed by atoms with E-state index in [1.165, 1.54) is 17.0 Å². The Morgan fingerprint density at radius 1 is 1.17 bits per heavy atom. The molecule has 0 saturated heterocycles. The summed E-state index contributed by atoms with van der Waals surface area (Å²) in [5, 5.41) is 16.2. The Morgan fingerprint density at radius 2 is 1.87 bits per heavy atom. The van der Waals surface area contributed by atoms with Crippen molar-refractivity contribution in [2.45, 2.75) is 32.2 Å². The first-order valence-corrected chi connectivity index (χ1v) is 9.83. The molecule has 0 spiro atoms. The van der Waals surface area contributed by atoms with Crippen LogP contribution in [0.3, 0.4) is 0 Å². The summed E-state index contributed by atoms with van der Waals surface area (Å²) in [6.45, 7) is 2.01. The predicted octanol–water partition coefficient (Wildman–Crippen LogP) is 1.58. The molecule has 0 heterocycles. The highest BCUT2D eigenvalue weighted by atomic mass is 16.5. The first-order valence-electron chi connectivity index (χ1n) is 9.83. The topological polar surface area (TPSA) is 125 Å². The van der Waals surface area contributed by atoms with Crippen LogP contribution in [0.1, 0.15) is 36.5 Å². The molecule has 9 heteroatoms. The van der Waals surface area contributed by atoms with Crippen molar-refractivity contribution < 1.29 is 19.4 Å². The second-order valence-corrected chi connectivity index (χ2v) is 7.47. The van der Waals surface area contributed by atoms with Gasteiger partial charge in [-0.3, -0.25) is 19.2 Å². The fourth-order valence-corrected chi connectivity index (χ4v) is 3.69. The van der Waals surface area contributed by atoms with Crippen LogP contribution in [0, 0.1) is 5.92 Å². The number of aromatic hydroxyl groups is 1. The van der Waals surface area contributed by atoms with Crippen molar-refractivity contribution >= 4 is 28.9 Å². The number of rotatable bonds is 7. The maximum atomic E-state index is 12.2. The number of ether oxygens (including phenoxy) is 1. The van der Waals surface area contributed by atoms with Crippen molar-refractivity contribution in [3.05, 3.63) is 44.2 Å². The van der Waals surface area contributed by atoms with Crippen LogP contribution in [0.4, 0.5) is 17.1 Å². The zero-order valence-electron chi connectivity index (χ0n) is 17.2. The maximum Gasteiger partial charge on any atom is 0.311 e. The Labute approximate surface area is 173 Å². The number of benzene rings is 1. The van der Waals surface area contributed by atoms with E-state index in [0.29, 0.717) is 12.8 Å². The molecule has 3 N–H and O–H groups in total.